The summed E-state index contributed by atoms with van der Waals surface area (Å²) >= 11 is 0. The molecule has 0 saturated heterocycles. The van der Waals surface area contributed by atoms with Gasteiger partial charge in [0.05, 0.1) is 33.5 Å². The van der Waals surface area contributed by atoms with Crippen LogP contribution >= 0.6 is 0 Å². The monoisotopic (exact) mass is 880 g/mol. The predicted octanol–water partition coefficient (Wildman–Crippen LogP) is 16.8. The average molecular weight is 881 g/mol. The van der Waals surface area contributed by atoms with Gasteiger partial charge in [0.25, 0.3) is 0 Å². The molecule has 0 atom stereocenters. The molecule has 0 N–H and O–H groups in total. The van der Waals surface area contributed by atoms with Crippen LogP contribution in [0.2, 0.25) is 0 Å². The van der Waals surface area contributed by atoms with E-state index in [9.17, 15) is 0 Å². The lowest BCUT2D eigenvalue weighted by Crippen LogP contribution is -2.19. The third-order valence-corrected chi connectivity index (χ3v) is 14.7. The first-order valence-electron chi connectivity index (χ1n) is 23.8. The Labute approximate surface area is 399 Å². The van der Waals surface area contributed by atoms with Crippen molar-refractivity contribution in [1.82, 2.24) is 19.1 Å². The molecule has 3 heterocycles. The first-order valence-corrected chi connectivity index (χ1v) is 23.8. The molecule has 0 spiro atoms. The van der Waals surface area contributed by atoms with Crippen LogP contribution < -0.4 is 0 Å². The van der Waals surface area contributed by atoms with Gasteiger partial charge in [-0.25, -0.2) is 9.97 Å². The molecule has 1 aliphatic carbocycles. The molecule has 4 nitrogen and oxygen atoms in total. The highest BCUT2D eigenvalue weighted by Crippen LogP contribution is 2.50. The van der Waals surface area contributed by atoms with E-state index in [-0.39, 0.29) is 5.41 Å². The molecular formula is C65H44N4. The van der Waals surface area contributed by atoms with Crippen LogP contribution in [-0.2, 0) is 5.41 Å². The number of hydrogen-bond acceptors (Lipinski definition) is 2. The van der Waals surface area contributed by atoms with E-state index in [0.29, 0.717) is 5.95 Å². The highest BCUT2D eigenvalue weighted by Gasteiger charge is 2.38. The third-order valence-electron chi connectivity index (χ3n) is 14.7. The van der Waals surface area contributed by atoms with Gasteiger partial charge in [-0.3, -0.25) is 4.57 Å². The Morgan fingerprint density at radius 3 is 1.45 bits per heavy atom. The van der Waals surface area contributed by atoms with E-state index in [4.69, 9.17) is 9.97 Å². The maximum atomic E-state index is 5.58. The lowest BCUT2D eigenvalue weighted by Gasteiger charge is -2.27. The van der Waals surface area contributed by atoms with Gasteiger partial charge in [-0.2, -0.15) is 0 Å². The van der Waals surface area contributed by atoms with Crippen molar-refractivity contribution in [3.63, 3.8) is 0 Å². The SMILES string of the molecule is CC1(C)C(c2ccccc2)=Cc2nc(-n3c4ccc(-c5cccc(-c6ccc7c(c6)c6c8ccccc8ccc6n7-c6ccccc6)c5)cc4c4c5ccccc5ccc43)nc(-c3ccccc3)c21. The van der Waals surface area contributed by atoms with E-state index >= 15 is 0 Å². The van der Waals surface area contributed by atoms with Gasteiger partial charge in [0.2, 0.25) is 5.95 Å². The number of aromatic nitrogens is 4. The van der Waals surface area contributed by atoms with Crippen LogP contribution in [0.5, 0.6) is 0 Å². The first-order chi connectivity index (χ1) is 34.0. The second-order valence-electron chi connectivity index (χ2n) is 19.0. The lowest BCUT2D eigenvalue weighted by atomic mass is 9.77. The van der Waals surface area contributed by atoms with Crippen molar-refractivity contribution in [3.8, 4) is 45.1 Å². The van der Waals surface area contributed by atoms with Crippen LogP contribution in [0, 0.1) is 0 Å². The summed E-state index contributed by atoms with van der Waals surface area (Å²) in [6.07, 6.45) is 2.29. The zero-order chi connectivity index (χ0) is 45.8. The van der Waals surface area contributed by atoms with E-state index in [2.05, 4.69) is 254 Å². The van der Waals surface area contributed by atoms with Gasteiger partial charge >= 0.3 is 0 Å². The molecule has 0 fully saturated rings. The molecule has 1 aliphatic rings. The lowest BCUT2D eigenvalue weighted by molar-refractivity contribution is 0.696. The van der Waals surface area contributed by atoms with Crippen molar-refractivity contribution >= 4 is 76.8 Å². The maximum absolute atomic E-state index is 5.58. The van der Waals surface area contributed by atoms with Crippen LogP contribution in [0.4, 0.5) is 0 Å². The van der Waals surface area contributed by atoms with Gasteiger partial charge in [-0.1, -0.05) is 184 Å². The molecule has 0 aliphatic heterocycles. The summed E-state index contributed by atoms with van der Waals surface area (Å²) in [6.45, 7) is 4.61. The minimum atomic E-state index is -0.317. The fourth-order valence-electron chi connectivity index (χ4n) is 11.5. The third kappa shape index (κ3) is 6.02. The zero-order valence-electron chi connectivity index (χ0n) is 38.2. The van der Waals surface area contributed by atoms with Gasteiger partial charge in [0, 0.05) is 43.8 Å². The summed E-state index contributed by atoms with van der Waals surface area (Å²) in [5.74, 6) is 0.663. The molecule has 10 aromatic carbocycles. The first kappa shape index (κ1) is 39.3. The number of benzene rings is 10. The fraction of sp³-hybridized carbons (Fsp3) is 0.0462. The zero-order valence-corrected chi connectivity index (χ0v) is 38.2. The molecule has 324 valence electrons. The van der Waals surface area contributed by atoms with Crippen molar-refractivity contribution in [2.75, 3.05) is 0 Å². The molecule has 69 heavy (non-hydrogen) atoms. The van der Waals surface area contributed by atoms with Crippen LogP contribution in [0.1, 0.15) is 30.7 Å². The number of allylic oxidation sites excluding steroid dienone is 1. The Bertz CT molecular complexity index is 4250. The van der Waals surface area contributed by atoms with Gasteiger partial charge in [0.15, 0.2) is 0 Å². The summed E-state index contributed by atoms with van der Waals surface area (Å²) in [5.41, 5.74) is 16.7. The Kier molecular flexibility index (Phi) is 8.59. The molecule has 0 bridgehead atoms. The van der Waals surface area contributed by atoms with Crippen LogP contribution in [-0.4, -0.2) is 19.1 Å². The molecule has 13 aromatic rings. The molecule has 0 amide bonds. The van der Waals surface area contributed by atoms with Crippen LogP contribution in [0.25, 0.3) is 122 Å². The van der Waals surface area contributed by atoms with Gasteiger partial charge in [-0.15, -0.1) is 0 Å². The van der Waals surface area contributed by atoms with E-state index in [0.717, 1.165) is 55.7 Å². The summed E-state index contributed by atoms with van der Waals surface area (Å²) in [6, 6.07) is 81.5. The highest BCUT2D eigenvalue weighted by molar-refractivity contribution is 6.23. The van der Waals surface area contributed by atoms with E-state index in [1.54, 1.807) is 0 Å². The van der Waals surface area contributed by atoms with Crippen molar-refractivity contribution < 1.29 is 0 Å². The van der Waals surface area contributed by atoms with E-state index in [1.807, 2.05) is 0 Å². The Hall–Kier alpha value is -8.86. The quantitative estimate of drug-likeness (QED) is 0.167. The van der Waals surface area contributed by atoms with Crippen molar-refractivity contribution in [2.45, 2.75) is 19.3 Å². The molecule has 0 radical (unpaired) electrons. The minimum absolute atomic E-state index is 0.317. The maximum Gasteiger partial charge on any atom is 0.235 e. The summed E-state index contributed by atoms with van der Waals surface area (Å²) < 4.78 is 4.69. The number of rotatable bonds is 6. The predicted molar refractivity (Wildman–Crippen MR) is 289 cm³/mol. The normalized spacial score (nSPS) is 13.3. The van der Waals surface area contributed by atoms with Gasteiger partial charge < -0.3 is 4.57 Å². The van der Waals surface area contributed by atoms with E-state index < -0.39 is 0 Å². The molecular weight excluding hydrogens is 837 g/mol. The second-order valence-corrected chi connectivity index (χ2v) is 19.0. The standard InChI is InChI=1S/C65H44N4/c1-65(2)54(43-19-6-3-7-20-43)40-55-62(65)63(44-21-8-4-9-22-44)67-64(66-55)69-57-34-32-48(39-53(57)61-51-28-15-13-18-42(51)30-36-59(61)69)46-24-16-23-45(37-46)47-31-33-56-52(38-47)60-50-27-14-12-17-41(50)29-35-58(60)68(56)49-25-10-5-11-26-49/h3-40H,1-2H3. The molecule has 3 aromatic heterocycles. The average Bonchev–Trinajstić information content (AvgIpc) is 4.03. The summed E-state index contributed by atoms with van der Waals surface area (Å²) in [5, 5.41) is 9.79. The molecule has 4 heteroatoms. The summed E-state index contributed by atoms with van der Waals surface area (Å²) in [7, 11) is 0. The molecule has 0 unspecified atom stereocenters. The summed E-state index contributed by atoms with van der Waals surface area (Å²) in [4.78, 5) is 11.1. The fourth-order valence-corrected chi connectivity index (χ4v) is 11.5. The Balaban J connectivity index is 0.954. The Morgan fingerprint density at radius 2 is 0.841 bits per heavy atom. The van der Waals surface area contributed by atoms with Gasteiger partial charge in [-0.05, 0) is 116 Å². The molecule has 0 saturated carbocycles. The van der Waals surface area contributed by atoms with Crippen LogP contribution in [0.15, 0.2) is 224 Å². The topological polar surface area (TPSA) is 35.6 Å². The number of hydrogen-bond donors (Lipinski definition) is 0. The highest BCUT2D eigenvalue weighted by atomic mass is 15.2. The van der Waals surface area contributed by atoms with Gasteiger partial charge in [0.1, 0.15) is 0 Å². The van der Waals surface area contributed by atoms with Crippen LogP contribution in [0.3, 0.4) is 0 Å². The minimum Gasteiger partial charge on any atom is -0.309 e. The Morgan fingerprint density at radius 1 is 0.362 bits per heavy atom. The van der Waals surface area contributed by atoms with Crippen molar-refractivity contribution in [1.29, 1.82) is 0 Å². The largest absolute Gasteiger partial charge is 0.309 e. The van der Waals surface area contributed by atoms with Crippen molar-refractivity contribution in [2.24, 2.45) is 0 Å². The number of fused-ring (bicyclic) bond motifs is 11. The number of para-hydroxylation sites is 1. The van der Waals surface area contributed by atoms with Crippen molar-refractivity contribution in [3.05, 3.63) is 241 Å². The molecule has 14 rings (SSSR count). The smallest absolute Gasteiger partial charge is 0.235 e. The van der Waals surface area contributed by atoms with E-state index in [1.165, 1.54) is 71.0 Å². The number of nitrogens with zero attached hydrogens (tertiary/aromatic N) is 4. The second kappa shape index (κ2) is 15.1.